The van der Waals surface area contributed by atoms with Gasteiger partial charge in [0.25, 0.3) is 0 Å². The highest BCUT2D eigenvalue weighted by Gasteiger charge is 2.30. The van der Waals surface area contributed by atoms with Crippen LogP contribution in [0, 0.1) is 0 Å². The molecule has 4 rings (SSSR count). The highest BCUT2D eigenvalue weighted by molar-refractivity contribution is 5.70. The first-order valence-corrected chi connectivity index (χ1v) is 10.5. The number of rotatable bonds is 8. The number of hydrogen-bond donors (Lipinski definition) is 0. The van der Waals surface area contributed by atoms with Gasteiger partial charge in [-0.25, -0.2) is 0 Å². The molecule has 0 fully saturated rings. The summed E-state index contributed by atoms with van der Waals surface area (Å²) < 4.78 is 16.1. The standard InChI is InChI=1S/C26H27NO4/c1-19(21-11-7-4-8-12-21)27(17-20-9-5-3-6-10-20)23(16-26(28)29-2)22-13-14-24-25(15-22)31-18-30-24/h3-15,19,23H,16-18H2,1-2H3. The summed E-state index contributed by atoms with van der Waals surface area (Å²) in [7, 11) is 1.43. The molecule has 2 atom stereocenters. The van der Waals surface area contributed by atoms with Crippen LogP contribution in [0.3, 0.4) is 0 Å². The predicted octanol–water partition coefficient (Wildman–Crippen LogP) is 5.28. The van der Waals surface area contributed by atoms with Gasteiger partial charge in [-0.15, -0.1) is 0 Å². The smallest absolute Gasteiger partial charge is 0.307 e. The minimum atomic E-state index is -0.249. The predicted molar refractivity (Wildman–Crippen MR) is 119 cm³/mol. The van der Waals surface area contributed by atoms with Gasteiger partial charge in [0.15, 0.2) is 11.5 Å². The Hall–Kier alpha value is -3.31. The van der Waals surface area contributed by atoms with Gasteiger partial charge < -0.3 is 14.2 Å². The molecule has 5 nitrogen and oxygen atoms in total. The number of methoxy groups -OCH3 is 1. The van der Waals surface area contributed by atoms with E-state index in [0.29, 0.717) is 12.3 Å². The summed E-state index contributed by atoms with van der Waals surface area (Å²) in [6.45, 7) is 3.08. The average Bonchev–Trinajstić information content (AvgIpc) is 3.30. The maximum atomic E-state index is 12.4. The number of esters is 1. The molecule has 3 aromatic rings. The SMILES string of the molecule is COC(=O)CC(c1ccc2c(c1)OCO2)N(Cc1ccccc1)C(C)c1ccccc1. The molecule has 0 aliphatic carbocycles. The Morgan fingerprint density at radius 2 is 1.61 bits per heavy atom. The minimum absolute atomic E-state index is 0.0708. The van der Waals surface area contributed by atoms with Crippen LogP contribution in [0.5, 0.6) is 11.5 Å². The fourth-order valence-corrected chi connectivity index (χ4v) is 4.02. The van der Waals surface area contributed by atoms with Crippen LogP contribution in [0.4, 0.5) is 0 Å². The number of nitrogens with zero attached hydrogens (tertiary/aromatic N) is 1. The summed E-state index contributed by atoms with van der Waals surface area (Å²) in [6, 6.07) is 26.4. The van der Waals surface area contributed by atoms with Crippen LogP contribution in [-0.4, -0.2) is 24.8 Å². The first kappa shape index (κ1) is 20.9. The van der Waals surface area contributed by atoms with Crippen molar-refractivity contribution >= 4 is 5.97 Å². The number of ether oxygens (including phenoxy) is 3. The topological polar surface area (TPSA) is 48.0 Å². The van der Waals surface area contributed by atoms with E-state index in [0.717, 1.165) is 11.3 Å². The molecule has 0 N–H and O–H groups in total. The van der Waals surface area contributed by atoms with Crippen LogP contribution in [-0.2, 0) is 16.1 Å². The Bertz CT molecular complexity index is 1010. The zero-order valence-electron chi connectivity index (χ0n) is 17.9. The number of fused-ring (bicyclic) bond motifs is 1. The van der Waals surface area contributed by atoms with Crippen molar-refractivity contribution in [3.8, 4) is 11.5 Å². The molecule has 2 unspecified atom stereocenters. The largest absolute Gasteiger partial charge is 0.469 e. The molecule has 3 aromatic carbocycles. The third-order valence-electron chi connectivity index (χ3n) is 5.76. The lowest BCUT2D eigenvalue weighted by Gasteiger charge is -2.37. The zero-order chi connectivity index (χ0) is 21.6. The Labute approximate surface area is 183 Å². The molecule has 160 valence electrons. The van der Waals surface area contributed by atoms with Crippen LogP contribution >= 0.6 is 0 Å². The van der Waals surface area contributed by atoms with E-state index in [1.807, 2.05) is 54.6 Å². The third-order valence-corrected chi connectivity index (χ3v) is 5.76. The molecule has 0 spiro atoms. The second kappa shape index (κ2) is 9.67. The van der Waals surface area contributed by atoms with Crippen molar-refractivity contribution in [1.82, 2.24) is 4.90 Å². The number of carbonyl (C=O) groups is 1. The second-order valence-corrected chi connectivity index (χ2v) is 7.65. The van der Waals surface area contributed by atoms with Gasteiger partial charge in [0.05, 0.1) is 13.5 Å². The first-order valence-electron chi connectivity index (χ1n) is 10.5. The summed E-state index contributed by atoms with van der Waals surface area (Å²) in [5.74, 6) is 1.19. The Kier molecular flexibility index (Phi) is 6.53. The highest BCUT2D eigenvalue weighted by atomic mass is 16.7. The summed E-state index contributed by atoms with van der Waals surface area (Å²) in [5, 5.41) is 0. The van der Waals surface area contributed by atoms with Gasteiger partial charge >= 0.3 is 5.97 Å². The highest BCUT2D eigenvalue weighted by Crippen LogP contribution is 2.39. The van der Waals surface area contributed by atoms with Crippen LogP contribution in [0.2, 0.25) is 0 Å². The molecule has 1 heterocycles. The molecular weight excluding hydrogens is 390 g/mol. The zero-order valence-corrected chi connectivity index (χ0v) is 17.9. The van der Waals surface area contributed by atoms with Crippen molar-refractivity contribution in [3.63, 3.8) is 0 Å². The lowest BCUT2D eigenvalue weighted by molar-refractivity contribution is -0.142. The molecule has 0 bridgehead atoms. The van der Waals surface area contributed by atoms with E-state index in [2.05, 4.69) is 36.1 Å². The molecule has 1 aliphatic rings. The second-order valence-electron chi connectivity index (χ2n) is 7.65. The van der Waals surface area contributed by atoms with Crippen molar-refractivity contribution in [1.29, 1.82) is 0 Å². The molecule has 0 amide bonds. The van der Waals surface area contributed by atoms with Gasteiger partial charge in [-0.1, -0.05) is 66.7 Å². The number of carbonyl (C=O) groups excluding carboxylic acids is 1. The third kappa shape index (κ3) is 4.89. The molecule has 0 saturated carbocycles. The quantitative estimate of drug-likeness (QED) is 0.467. The number of hydrogen-bond acceptors (Lipinski definition) is 5. The normalized spacial score (nSPS) is 14.3. The molecule has 1 aliphatic heterocycles. The maximum Gasteiger partial charge on any atom is 0.307 e. The maximum absolute atomic E-state index is 12.4. The fraction of sp³-hybridized carbons (Fsp3) is 0.269. The Balaban J connectivity index is 1.75. The van der Waals surface area contributed by atoms with Gasteiger partial charge in [0.1, 0.15) is 0 Å². The van der Waals surface area contributed by atoms with Gasteiger partial charge in [-0.05, 0) is 35.7 Å². The van der Waals surface area contributed by atoms with Crippen molar-refractivity contribution in [2.45, 2.75) is 32.0 Å². The monoisotopic (exact) mass is 417 g/mol. The lowest BCUT2D eigenvalue weighted by Crippen LogP contribution is -2.33. The number of benzene rings is 3. The van der Waals surface area contributed by atoms with Crippen LogP contribution < -0.4 is 9.47 Å². The van der Waals surface area contributed by atoms with E-state index in [1.54, 1.807) is 0 Å². The van der Waals surface area contributed by atoms with Gasteiger partial charge in [-0.2, -0.15) is 0 Å². The summed E-state index contributed by atoms with van der Waals surface area (Å²) in [4.78, 5) is 14.8. The van der Waals surface area contributed by atoms with Crippen LogP contribution in [0.1, 0.15) is 42.1 Å². The van der Waals surface area contributed by atoms with E-state index in [9.17, 15) is 4.79 Å². The molecule has 31 heavy (non-hydrogen) atoms. The van der Waals surface area contributed by atoms with E-state index in [1.165, 1.54) is 18.2 Å². The molecule has 0 radical (unpaired) electrons. The molecule has 0 aromatic heterocycles. The average molecular weight is 418 g/mol. The summed E-state index contributed by atoms with van der Waals surface area (Å²) >= 11 is 0. The van der Waals surface area contributed by atoms with Crippen molar-refractivity contribution in [3.05, 3.63) is 95.6 Å². The molecular formula is C26H27NO4. The Morgan fingerprint density at radius 1 is 0.935 bits per heavy atom. The van der Waals surface area contributed by atoms with E-state index in [-0.39, 0.29) is 31.3 Å². The molecule has 5 heteroatoms. The van der Waals surface area contributed by atoms with E-state index >= 15 is 0 Å². The fourth-order valence-electron chi connectivity index (χ4n) is 4.02. The van der Waals surface area contributed by atoms with Gasteiger partial charge in [-0.3, -0.25) is 9.69 Å². The first-order chi connectivity index (χ1) is 15.2. The summed E-state index contributed by atoms with van der Waals surface area (Å²) in [6.07, 6.45) is 0.236. The van der Waals surface area contributed by atoms with Crippen LogP contribution in [0.25, 0.3) is 0 Å². The van der Waals surface area contributed by atoms with Crippen LogP contribution in [0.15, 0.2) is 78.9 Å². The van der Waals surface area contributed by atoms with Crippen molar-refractivity contribution in [2.75, 3.05) is 13.9 Å². The van der Waals surface area contributed by atoms with Gasteiger partial charge in [0, 0.05) is 18.6 Å². The van der Waals surface area contributed by atoms with E-state index in [4.69, 9.17) is 14.2 Å². The summed E-state index contributed by atoms with van der Waals surface area (Å²) in [5.41, 5.74) is 3.36. The van der Waals surface area contributed by atoms with Gasteiger partial charge in [0.2, 0.25) is 6.79 Å². The Morgan fingerprint density at radius 3 is 2.32 bits per heavy atom. The van der Waals surface area contributed by atoms with Crippen molar-refractivity contribution < 1.29 is 19.0 Å². The molecule has 0 saturated heterocycles. The van der Waals surface area contributed by atoms with E-state index < -0.39 is 0 Å². The lowest BCUT2D eigenvalue weighted by atomic mass is 9.96. The van der Waals surface area contributed by atoms with Crippen molar-refractivity contribution in [2.24, 2.45) is 0 Å². The minimum Gasteiger partial charge on any atom is -0.469 e.